The monoisotopic (exact) mass is 384 g/mol. The molecule has 0 spiro atoms. The predicted molar refractivity (Wildman–Crippen MR) is 114 cm³/mol. The normalized spacial score (nSPS) is 10.6. The van der Waals surface area contributed by atoms with Gasteiger partial charge in [-0.2, -0.15) is 0 Å². The largest absolute Gasteiger partial charge is 0.507 e. The number of aromatic hydroxyl groups is 1. The first kappa shape index (κ1) is 18.0. The first-order valence-electron chi connectivity index (χ1n) is 8.91. The van der Waals surface area contributed by atoms with Crippen molar-refractivity contribution < 1.29 is 9.90 Å². The van der Waals surface area contributed by atoms with Crippen LogP contribution in [0.1, 0.15) is 15.9 Å². The van der Waals surface area contributed by atoms with E-state index in [2.05, 4.69) is 0 Å². The van der Waals surface area contributed by atoms with Crippen molar-refractivity contribution in [3.8, 4) is 28.0 Å². The summed E-state index contributed by atoms with van der Waals surface area (Å²) in [5, 5.41) is 11.6. The van der Waals surface area contributed by atoms with Crippen LogP contribution in [0.2, 0.25) is 5.02 Å². The molecule has 3 heteroatoms. The van der Waals surface area contributed by atoms with E-state index in [1.165, 1.54) is 0 Å². The predicted octanol–water partition coefficient (Wildman–Crippen LogP) is 6.61. The molecule has 0 aliphatic carbocycles. The van der Waals surface area contributed by atoms with Gasteiger partial charge in [-0.15, -0.1) is 0 Å². The van der Waals surface area contributed by atoms with Crippen molar-refractivity contribution in [1.82, 2.24) is 0 Å². The Labute approximate surface area is 168 Å². The molecule has 0 amide bonds. The highest BCUT2D eigenvalue weighted by Gasteiger charge is 2.18. The van der Waals surface area contributed by atoms with Crippen LogP contribution in [0.3, 0.4) is 0 Å². The van der Waals surface area contributed by atoms with Crippen molar-refractivity contribution >= 4 is 17.4 Å². The van der Waals surface area contributed by atoms with Gasteiger partial charge in [0, 0.05) is 27.3 Å². The van der Waals surface area contributed by atoms with Crippen LogP contribution >= 0.6 is 11.6 Å². The lowest BCUT2D eigenvalue weighted by atomic mass is 9.92. The molecule has 0 radical (unpaired) electrons. The molecule has 1 N–H and O–H groups in total. The minimum absolute atomic E-state index is 0.119. The molecule has 0 saturated heterocycles. The van der Waals surface area contributed by atoms with E-state index < -0.39 is 0 Å². The van der Waals surface area contributed by atoms with E-state index in [9.17, 15) is 9.90 Å². The lowest BCUT2D eigenvalue weighted by Gasteiger charge is -2.14. The fraction of sp³-hybridized carbons (Fsp3) is 0. The second kappa shape index (κ2) is 7.71. The van der Waals surface area contributed by atoms with Crippen LogP contribution in [0, 0.1) is 0 Å². The lowest BCUT2D eigenvalue weighted by molar-refractivity contribution is 0.103. The first-order valence-corrected chi connectivity index (χ1v) is 9.29. The SMILES string of the molecule is O=C(c1ccc(Cl)cc1)c1cc(-c2ccccc2)c(O)c(-c2ccccc2)c1. The van der Waals surface area contributed by atoms with E-state index in [0.717, 1.165) is 11.1 Å². The molecule has 0 bridgehead atoms. The minimum Gasteiger partial charge on any atom is -0.507 e. The summed E-state index contributed by atoms with van der Waals surface area (Å²) >= 11 is 5.95. The van der Waals surface area contributed by atoms with Gasteiger partial charge in [0.25, 0.3) is 0 Å². The molecule has 4 aromatic carbocycles. The Morgan fingerprint density at radius 3 is 1.57 bits per heavy atom. The number of carbonyl (C=O) groups excluding carboxylic acids is 1. The number of phenols is 1. The van der Waals surface area contributed by atoms with E-state index in [-0.39, 0.29) is 11.5 Å². The number of phenolic OH excluding ortho intramolecular Hbond substituents is 1. The summed E-state index contributed by atoms with van der Waals surface area (Å²) in [4.78, 5) is 13.1. The number of rotatable bonds is 4. The summed E-state index contributed by atoms with van der Waals surface area (Å²) in [6.45, 7) is 0. The van der Waals surface area contributed by atoms with Crippen LogP contribution in [0.4, 0.5) is 0 Å². The van der Waals surface area contributed by atoms with E-state index in [0.29, 0.717) is 27.3 Å². The summed E-state index contributed by atoms with van der Waals surface area (Å²) in [5.74, 6) is 0.0380. The second-order valence-electron chi connectivity index (χ2n) is 6.49. The molecule has 0 unspecified atom stereocenters. The van der Waals surface area contributed by atoms with E-state index in [1.807, 2.05) is 60.7 Å². The van der Waals surface area contributed by atoms with Crippen molar-refractivity contribution in [1.29, 1.82) is 0 Å². The van der Waals surface area contributed by atoms with Crippen LogP contribution < -0.4 is 0 Å². The number of halogens is 1. The maximum atomic E-state index is 13.1. The number of hydrogen-bond acceptors (Lipinski definition) is 2. The summed E-state index contributed by atoms with van der Waals surface area (Å²) in [5.41, 5.74) is 4.01. The quantitative estimate of drug-likeness (QED) is 0.402. The number of benzene rings is 4. The van der Waals surface area contributed by atoms with Crippen molar-refractivity contribution in [3.05, 3.63) is 113 Å². The Balaban J connectivity index is 1.91. The topological polar surface area (TPSA) is 37.3 Å². The molecule has 0 fully saturated rings. The lowest BCUT2D eigenvalue weighted by Crippen LogP contribution is -2.02. The molecular formula is C25H17ClO2. The van der Waals surface area contributed by atoms with Gasteiger partial charge in [-0.25, -0.2) is 0 Å². The molecule has 4 rings (SSSR count). The van der Waals surface area contributed by atoms with Crippen LogP contribution in [0.25, 0.3) is 22.3 Å². The molecular weight excluding hydrogens is 368 g/mol. The smallest absolute Gasteiger partial charge is 0.193 e. The zero-order valence-corrected chi connectivity index (χ0v) is 15.7. The van der Waals surface area contributed by atoms with Gasteiger partial charge in [0.2, 0.25) is 0 Å². The Kier molecular flexibility index (Phi) is 4.96. The van der Waals surface area contributed by atoms with E-state index in [1.54, 1.807) is 36.4 Å². The summed E-state index contributed by atoms with van der Waals surface area (Å²) in [7, 11) is 0. The van der Waals surface area contributed by atoms with Gasteiger partial charge in [0.1, 0.15) is 5.75 Å². The van der Waals surface area contributed by atoms with Crippen LogP contribution in [-0.2, 0) is 0 Å². The summed E-state index contributed by atoms with van der Waals surface area (Å²) in [6, 6.07) is 29.4. The van der Waals surface area contributed by atoms with Gasteiger partial charge in [0.15, 0.2) is 5.78 Å². The zero-order chi connectivity index (χ0) is 19.5. The highest BCUT2D eigenvalue weighted by Crippen LogP contribution is 2.39. The van der Waals surface area contributed by atoms with Gasteiger partial charge in [0.05, 0.1) is 0 Å². The van der Waals surface area contributed by atoms with Gasteiger partial charge < -0.3 is 5.11 Å². The Bertz CT molecular complexity index is 1060. The van der Waals surface area contributed by atoms with Crippen LogP contribution in [0.5, 0.6) is 5.75 Å². The average Bonchev–Trinajstić information content (AvgIpc) is 2.75. The molecule has 0 atom stereocenters. The average molecular weight is 385 g/mol. The van der Waals surface area contributed by atoms with Crippen molar-refractivity contribution in [2.75, 3.05) is 0 Å². The number of ketones is 1. The molecule has 0 saturated carbocycles. The first-order chi connectivity index (χ1) is 13.6. The Morgan fingerprint density at radius 2 is 1.11 bits per heavy atom. The molecule has 0 heterocycles. The van der Waals surface area contributed by atoms with Gasteiger partial charge in [-0.05, 0) is 47.5 Å². The molecule has 0 aromatic heterocycles. The summed E-state index contributed by atoms with van der Waals surface area (Å²) in [6.07, 6.45) is 0. The molecule has 0 aliphatic heterocycles. The van der Waals surface area contributed by atoms with Gasteiger partial charge >= 0.3 is 0 Å². The van der Waals surface area contributed by atoms with Crippen LogP contribution in [0.15, 0.2) is 97.1 Å². The standard InChI is InChI=1S/C25H17ClO2/c26-21-13-11-19(12-14-21)24(27)20-15-22(17-7-3-1-4-8-17)25(28)23(16-20)18-9-5-2-6-10-18/h1-16,28H. The van der Waals surface area contributed by atoms with Crippen molar-refractivity contribution in [3.63, 3.8) is 0 Å². The third-order valence-electron chi connectivity index (χ3n) is 4.65. The maximum absolute atomic E-state index is 13.1. The highest BCUT2D eigenvalue weighted by atomic mass is 35.5. The van der Waals surface area contributed by atoms with Crippen molar-refractivity contribution in [2.45, 2.75) is 0 Å². The van der Waals surface area contributed by atoms with Crippen molar-refractivity contribution in [2.24, 2.45) is 0 Å². The fourth-order valence-electron chi connectivity index (χ4n) is 3.21. The summed E-state index contributed by atoms with van der Waals surface area (Å²) < 4.78 is 0. The molecule has 2 nitrogen and oxygen atoms in total. The Hall–Kier alpha value is -3.36. The van der Waals surface area contributed by atoms with Crippen LogP contribution in [-0.4, -0.2) is 10.9 Å². The molecule has 28 heavy (non-hydrogen) atoms. The van der Waals surface area contributed by atoms with Gasteiger partial charge in [-0.3, -0.25) is 4.79 Å². The molecule has 136 valence electrons. The second-order valence-corrected chi connectivity index (χ2v) is 6.92. The fourth-order valence-corrected chi connectivity index (χ4v) is 3.34. The van der Waals surface area contributed by atoms with E-state index in [4.69, 9.17) is 11.6 Å². The van der Waals surface area contributed by atoms with Gasteiger partial charge in [-0.1, -0.05) is 72.3 Å². The molecule has 4 aromatic rings. The number of carbonyl (C=O) groups is 1. The molecule has 0 aliphatic rings. The number of hydrogen-bond donors (Lipinski definition) is 1. The maximum Gasteiger partial charge on any atom is 0.193 e. The third kappa shape index (κ3) is 3.55. The highest BCUT2D eigenvalue weighted by molar-refractivity contribution is 6.30. The minimum atomic E-state index is -0.119. The third-order valence-corrected chi connectivity index (χ3v) is 4.90. The van der Waals surface area contributed by atoms with E-state index >= 15 is 0 Å². The zero-order valence-electron chi connectivity index (χ0n) is 15.0. The Morgan fingerprint density at radius 1 is 0.643 bits per heavy atom.